The Bertz CT molecular complexity index is 473. The van der Waals surface area contributed by atoms with Crippen LogP contribution in [0.4, 0.5) is 0 Å². The van der Waals surface area contributed by atoms with Gasteiger partial charge in [0.15, 0.2) is 0 Å². The summed E-state index contributed by atoms with van der Waals surface area (Å²) >= 11 is 0. The van der Waals surface area contributed by atoms with Gasteiger partial charge in [0.1, 0.15) is 10.6 Å². The predicted octanol–water partition coefficient (Wildman–Crippen LogP) is -1.72. The van der Waals surface area contributed by atoms with Gasteiger partial charge in [0.25, 0.3) is 0 Å². The van der Waals surface area contributed by atoms with Gasteiger partial charge in [0.2, 0.25) is 10.0 Å². The highest BCUT2D eigenvalue weighted by molar-refractivity contribution is 7.89. The summed E-state index contributed by atoms with van der Waals surface area (Å²) in [5, 5.41) is 17.9. The molecule has 0 spiro atoms. The van der Waals surface area contributed by atoms with Gasteiger partial charge in [0.05, 0.1) is 7.11 Å². The molecule has 0 bridgehead atoms. The summed E-state index contributed by atoms with van der Waals surface area (Å²) in [6, 6.07) is 3.88. The van der Waals surface area contributed by atoms with E-state index in [1.807, 2.05) is 0 Å². The van der Waals surface area contributed by atoms with Gasteiger partial charge in [-0.15, -0.1) is 0 Å². The number of sulfonamides is 1. The van der Waals surface area contributed by atoms with Gasteiger partial charge in [-0.05, 0) is 24.6 Å². The fraction of sp³-hybridized carbons (Fsp3) is 0.250. The first-order valence-electron chi connectivity index (χ1n) is 4.40. The van der Waals surface area contributed by atoms with E-state index in [9.17, 15) is 8.42 Å². The number of nitrogens with one attached hydrogen (secondary N) is 1. The number of hydrogen-bond acceptors (Lipinski definition) is 5. The van der Waals surface area contributed by atoms with Crippen molar-refractivity contribution in [3.8, 4) is 5.75 Å². The third kappa shape index (κ3) is 2.53. The standard InChI is InChI=1S/C8H12BNO5S/c1-10-16(13,14)8-5-6(9(11)12)3-4-7(8)15-2/h3-5,10-12H,1-2H3. The van der Waals surface area contributed by atoms with Crippen molar-refractivity contribution >= 4 is 22.6 Å². The van der Waals surface area contributed by atoms with E-state index in [-0.39, 0.29) is 16.1 Å². The Kier molecular flexibility index (Phi) is 3.92. The van der Waals surface area contributed by atoms with E-state index in [1.165, 1.54) is 26.3 Å². The normalized spacial score (nSPS) is 11.2. The lowest BCUT2D eigenvalue weighted by atomic mass is 9.80. The molecular formula is C8H12BNO5S. The van der Waals surface area contributed by atoms with Crippen molar-refractivity contribution in [3.05, 3.63) is 18.2 Å². The number of benzene rings is 1. The van der Waals surface area contributed by atoms with Crippen LogP contribution in [-0.2, 0) is 10.0 Å². The Morgan fingerprint density at radius 1 is 1.38 bits per heavy atom. The van der Waals surface area contributed by atoms with Crippen molar-refractivity contribution < 1.29 is 23.2 Å². The van der Waals surface area contributed by atoms with Crippen LogP contribution in [-0.4, -0.2) is 39.7 Å². The molecule has 0 radical (unpaired) electrons. The summed E-state index contributed by atoms with van der Waals surface area (Å²) in [5.41, 5.74) is 0.0784. The smallest absolute Gasteiger partial charge is 0.488 e. The SMILES string of the molecule is CNS(=O)(=O)c1cc(B(O)O)ccc1OC. The maximum atomic E-state index is 11.6. The van der Waals surface area contributed by atoms with Crippen LogP contribution >= 0.6 is 0 Å². The Hall–Kier alpha value is -1.09. The topological polar surface area (TPSA) is 95.9 Å². The molecule has 0 heterocycles. The van der Waals surface area contributed by atoms with E-state index in [4.69, 9.17) is 14.8 Å². The van der Waals surface area contributed by atoms with Crippen LogP contribution in [0.3, 0.4) is 0 Å². The summed E-state index contributed by atoms with van der Waals surface area (Å²) in [6.45, 7) is 0. The minimum Gasteiger partial charge on any atom is -0.495 e. The van der Waals surface area contributed by atoms with Crippen LogP contribution in [0, 0.1) is 0 Å². The van der Waals surface area contributed by atoms with Crippen LogP contribution in [0.1, 0.15) is 0 Å². The molecule has 3 N–H and O–H groups in total. The third-order valence-electron chi connectivity index (χ3n) is 2.04. The lowest BCUT2D eigenvalue weighted by molar-refractivity contribution is 0.402. The van der Waals surface area contributed by atoms with Crippen LogP contribution < -0.4 is 14.9 Å². The van der Waals surface area contributed by atoms with Crippen molar-refractivity contribution in [3.63, 3.8) is 0 Å². The van der Waals surface area contributed by atoms with Gasteiger partial charge in [0, 0.05) is 0 Å². The van der Waals surface area contributed by atoms with Crippen molar-refractivity contribution in [2.24, 2.45) is 0 Å². The minimum atomic E-state index is -3.69. The van der Waals surface area contributed by atoms with Crippen LogP contribution in [0.2, 0.25) is 0 Å². The monoisotopic (exact) mass is 245 g/mol. The Labute approximate surface area is 94.1 Å². The number of hydrogen-bond donors (Lipinski definition) is 3. The number of rotatable bonds is 4. The number of methoxy groups -OCH3 is 1. The van der Waals surface area contributed by atoms with Gasteiger partial charge >= 0.3 is 7.12 Å². The first kappa shape index (κ1) is 13.0. The van der Waals surface area contributed by atoms with Crippen molar-refractivity contribution in [1.82, 2.24) is 4.72 Å². The second-order valence-corrected chi connectivity index (χ2v) is 4.85. The lowest BCUT2D eigenvalue weighted by Crippen LogP contribution is -2.31. The minimum absolute atomic E-state index is 0.0784. The zero-order valence-corrected chi connectivity index (χ0v) is 9.65. The molecule has 1 aromatic rings. The first-order chi connectivity index (χ1) is 7.42. The van der Waals surface area contributed by atoms with Gasteiger partial charge in [-0.2, -0.15) is 0 Å². The largest absolute Gasteiger partial charge is 0.495 e. The van der Waals surface area contributed by atoms with E-state index in [2.05, 4.69) is 4.72 Å². The van der Waals surface area contributed by atoms with E-state index in [0.717, 1.165) is 6.07 Å². The van der Waals surface area contributed by atoms with E-state index >= 15 is 0 Å². The highest BCUT2D eigenvalue weighted by atomic mass is 32.2. The molecule has 16 heavy (non-hydrogen) atoms. The molecule has 0 aliphatic carbocycles. The van der Waals surface area contributed by atoms with Gasteiger partial charge in [-0.3, -0.25) is 0 Å². The van der Waals surface area contributed by atoms with Gasteiger partial charge in [-0.1, -0.05) is 6.07 Å². The Morgan fingerprint density at radius 2 is 2.00 bits per heavy atom. The molecule has 0 unspecified atom stereocenters. The van der Waals surface area contributed by atoms with E-state index in [1.54, 1.807) is 0 Å². The fourth-order valence-corrected chi connectivity index (χ4v) is 2.10. The molecule has 0 aliphatic rings. The molecule has 1 aromatic carbocycles. The number of ether oxygens (including phenoxy) is 1. The molecule has 1 rings (SSSR count). The van der Waals surface area contributed by atoms with Crippen molar-refractivity contribution in [1.29, 1.82) is 0 Å². The first-order valence-corrected chi connectivity index (χ1v) is 5.88. The average Bonchev–Trinajstić information content (AvgIpc) is 2.28. The van der Waals surface area contributed by atoms with Crippen LogP contribution in [0.15, 0.2) is 23.1 Å². The maximum Gasteiger partial charge on any atom is 0.488 e. The summed E-state index contributed by atoms with van der Waals surface area (Å²) in [6.07, 6.45) is 0. The molecule has 0 saturated carbocycles. The molecule has 0 amide bonds. The second kappa shape index (κ2) is 4.83. The summed E-state index contributed by atoms with van der Waals surface area (Å²) in [4.78, 5) is -0.136. The molecule has 0 atom stereocenters. The Balaban J connectivity index is 3.39. The van der Waals surface area contributed by atoms with Gasteiger partial charge < -0.3 is 14.8 Å². The molecule has 6 nitrogen and oxygen atoms in total. The molecule has 0 aliphatic heterocycles. The maximum absolute atomic E-state index is 11.6. The highest BCUT2D eigenvalue weighted by Crippen LogP contribution is 2.21. The zero-order valence-electron chi connectivity index (χ0n) is 8.84. The van der Waals surface area contributed by atoms with Crippen LogP contribution in [0.25, 0.3) is 0 Å². The van der Waals surface area contributed by atoms with E-state index < -0.39 is 17.1 Å². The summed E-state index contributed by atoms with van der Waals surface area (Å²) < 4.78 is 30.2. The van der Waals surface area contributed by atoms with Crippen LogP contribution in [0.5, 0.6) is 5.75 Å². The second-order valence-electron chi connectivity index (χ2n) is 2.99. The van der Waals surface area contributed by atoms with Gasteiger partial charge in [-0.25, -0.2) is 13.1 Å². The van der Waals surface area contributed by atoms with Crippen molar-refractivity contribution in [2.75, 3.05) is 14.2 Å². The van der Waals surface area contributed by atoms with E-state index in [0.29, 0.717) is 0 Å². The zero-order chi connectivity index (χ0) is 12.3. The molecule has 0 aromatic heterocycles. The Morgan fingerprint density at radius 3 is 2.44 bits per heavy atom. The molecule has 88 valence electrons. The third-order valence-corrected chi connectivity index (χ3v) is 3.48. The van der Waals surface area contributed by atoms with Crippen molar-refractivity contribution in [2.45, 2.75) is 4.90 Å². The highest BCUT2D eigenvalue weighted by Gasteiger charge is 2.21. The quantitative estimate of drug-likeness (QED) is 0.548. The fourth-order valence-electron chi connectivity index (χ4n) is 1.17. The summed E-state index contributed by atoms with van der Waals surface area (Å²) in [5.74, 6) is 0.138. The average molecular weight is 245 g/mol. The molecule has 0 saturated heterocycles. The lowest BCUT2D eigenvalue weighted by Gasteiger charge is -2.10. The summed E-state index contributed by atoms with van der Waals surface area (Å²) in [7, 11) is -2.83. The molecule has 8 heteroatoms. The molecular weight excluding hydrogens is 233 g/mol. The predicted molar refractivity (Wildman–Crippen MR) is 59.1 cm³/mol. The molecule has 0 fully saturated rings.